The van der Waals surface area contributed by atoms with E-state index in [2.05, 4.69) is 42.8 Å². The summed E-state index contributed by atoms with van der Waals surface area (Å²) in [7, 11) is 0. The summed E-state index contributed by atoms with van der Waals surface area (Å²) in [5.74, 6) is 0.956. The third-order valence-electron chi connectivity index (χ3n) is 4.12. The Hall–Kier alpha value is -0.990. The summed E-state index contributed by atoms with van der Waals surface area (Å²) in [6, 6.07) is 2.25. The molecule has 0 saturated heterocycles. The van der Waals surface area contributed by atoms with Crippen molar-refractivity contribution in [2.45, 2.75) is 72.6 Å². The minimum atomic E-state index is -0.143. The molecule has 0 aliphatic rings. The number of esters is 1. The molecule has 0 aromatic carbocycles. The first-order valence-electron chi connectivity index (χ1n) is 9.95. The Kier molecular flexibility index (Phi) is 16.5. The van der Waals surface area contributed by atoms with E-state index in [0.29, 0.717) is 30.3 Å². The van der Waals surface area contributed by atoms with Gasteiger partial charge in [0.05, 0.1) is 18.6 Å². The largest absolute Gasteiger partial charge is 0.465 e. The second-order valence-corrected chi connectivity index (χ2v) is 8.32. The van der Waals surface area contributed by atoms with Crippen molar-refractivity contribution in [2.75, 3.05) is 12.4 Å². The summed E-state index contributed by atoms with van der Waals surface area (Å²) in [4.78, 5) is 13.0. The van der Waals surface area contributed by atoms with E-state index in [0.717, 1.165) is 35.1 Å². The lowest BCUT2D eigenvalue weighted by atomic mass is 10.0. The molecule has 0 rings (SSSR count). The molecule has 1 atom stereocenters. The number of hydrogen-bond donors (Lipinski definition) is 0. The Morgan fingerprint density at radius 3 is 2.59 bits per heavy atom. The highest BCUT2D eigenvalue weighted by molar-refractivity contribution is 9.12. The smallest absolute Gasteiger partial charge is 0.306 e. The molecule has 0 heterocycles. The van der Waals surface area contributed by atoms with E-state index >= 15 is 0 Å². The predicted molar refractivity (Wildman–Crippen MR) is 121 cm³/mol. The molecular formula is C22H34BrNO2S. The van der Waals surface area contributed by atoms with Crippen molar-refractivity contribution in [1.82, 2.24) is 0 Å². The van der Waals surface area contributed by atoms with Crippen LogP contribution in [0.3, 0.4) is 0 Å². The van der Waals surface area contributed by atoms with Crippen molar-refractivity contribution in [3.05, 3.63) is 33.2 Å². The standard InChI is InChI=1S/C22H34BrNO2S/c1-5-9-12-18(8-4)17-26-21(25)14-15-27-20(11-7-3)22(23)19(16-24)13-10-6-2/h7,11,13,18H,5-6,8-10,12,14-15,17H2,1-4H3/b11-7-,19-13+,22-20-. The number of ether oxygens (including phenoxy) is 1. The summed E-state index contributed by atoms with van der Waals surface area (Å²) in [5.41, 5.74) is 0.640. The highest BCUT2D eigenvalue weighted by Crippen LogP contribution is 2.31. The first kappa shape index (κ1) is 26.0. The van der Waals surface area contributed by atoms with Gasteiger partial charge in [-0.1, -0.05) is 64.7 Å². The van der Waals surface area contributed by atoms with Crippen LogP contribution in [0.5, 0.6) is 0 Å². The molecule has 0 aromatic heterocycles. The fourth-order valence-electron chi connectivity index (χ4n) is 2.37. The summed E-state index contributed by atoms with van der Waals surface area (Å²) < 4.78 is 6.25. The monoisotopic (exact) mass is 455 g/mol. The molecule has 0 spiro atoms. The van der Waals surface area contributed by atoms with Crippen LogP contribution in [0.2, 0.25) is 0 Å². The number of allylic oxidation sites excluding steroid dienone is 5. The van der Waals surface area contributed by atoms with E-state index in [1.165, 1.54) is 12.8 Å². The van der Waals surface area contributed by atoms with Crippen molar-refractivity contribution in [3.8, 4) is 6.07 Å². The molecule has 0 aliphatic heterocycles. The van der Waals surface area contributed by atoms with E-state index in [1.54, 1.807) is 11.8 Å². The van der Waals surface area contributed by atoms with E-state index in [4.69, 9.17) is 4.74 Å². The lowest BCUT2D eigenvalue weighted by molar-refractivity contribution is -0.144. The number of halogens is 1. The molecule has 0 aromatic rings. The molecular weight excluding hydrogens is 422 g/mol. The Labute approximate surface area is 178 Å². The fourth-order valence-corrected chi connectivity index (χ4v) is 4.05. The number of hydrogen-bond acceptors (Lipinski definition) is 4. The normalized spacial score (nSPS) is 14.0. The first-order valence-corrected chi connectivity index (χ1v) is 11.7. The van der Waals surface area contributed by atoms with Crippen LogP contribution in [0.1, 0.15) is 72.6 Å². The van der Waals surface area contributed by atoms with Crippen LogP contribution in [-0.2, 0) is 9.53 Å². The van der Waals surface area contributed by atoms with Crippen molar-refractivity contribution in [1.29, 1.82) is 5.26 Å². The van der Waals surface area contributed by atoms with Gasteiger partial charge in [0, 0.05) is 15.1 Å². The number of unbranched alkanes of at least 4 members (excludes halogenated alkanes) is 2. The van der Waals surface area contributed by atoms with Crippen LogP contribution in [0.4, 0.5) is 0 Å². The molecule has 27 heavy (non-hydrogen) atoms. The molecule has 0 aliphatic carbocycles. The van der Waals surface area contributed by atoms with Crippen LogP contribution in [-0.4, -0.2) is 18.3 Å². The van der Waals surface area contributed by atoms with Crippen LogP contribution in [0, 0.1) is 17.2 Å². The average Bonchev–Trinajstić information content (AvgIpc) is 2.67. The topological polar surface area (TPSA) is 50.1 Å². The summed E-state index contributed by atoms with van der Waals surface area (Å²) in [6.45, 7) is 8.88. The van der Waals surface area contributed by atoms with Crippen molar-refractivity contribution < 1.29 is 9.53 Å². The zero-order chi connectivity index (χ0) is 20.5. The van der Waals surface area contributed by atoms with Gasteiger partial charge < -0.3 is 4.74 Å². The molecule has 0 amide bonds. The van der Waals surface area contributed by atoms with E-state index < -0.39 is 0 Å². The number of carbonyl (C=O) groups excluding carboxylic acids is 1. The lowest BCUT2D eigenvalue weighted by Crippen LogP contribution is -2.14. The number of nitriles is 1. The van der Waals surface area contributed by atoms with Gasteiger partial charge in [-0.05, 0) is 41.6 Å². The molecule has 5 heteroatoms. The average molecular weight is 456 g/mol. The van der Waals surface area contributed by atoms with Crippen LogP contribution < -0.4 is 0 Å². The second kappa shape index (κ2) is 17.1. The maximum atomic E-state index is 12.0. The predicted octanol–water partition coefficient (Wildman–Crippen LogP) is 7.30. The highest BCUT2D eigenvalue weighted by Gasteiger charge is 2.12. The number of nitrogens with zero attached hydrogens (tertiary/aromatic N) is 1. The van der Waals surface area contributed by atoms with Crippen molar-refractivity contribution in [2.24, 2.45) is 5.92 Å². The third-order valence-corrected chi connectivity index (χ3v) is 6.29. The molecule has 3 nitrogen and oxygen atoms in total. The second-order valence-electron chi connectivity index (χ2n) is 6.39. The molecule has 0 saturated carbocycles. The number of carbonyl (C=O) groups is 1. The minimum Gasteiger partial charge on any atom is -0.465 e. The lowest BCUT2D eigenvalue weighted by Gasteiger charge is -2.14. The molecule has 0 fully saturated rings. The quantitative estimate of drug-likeness (QED) is 0.156. The van der Waals surface area contributed by atoms with Gasteiger partial charge in [-0.3, -0.25) is 4.79 Å². The third kappa shape index (κ3) is 12.2. The zero-order valence-electron chi connectivity index (χ0n) is 17.2. The maximum Gasteiger partial charge on any atom is 0.306 e. The first-order chi connectivity index (χ1) is 13.0. The van der Waals surface area contributed by atoms with E-state index in [9.17, 15) is 10.1 Å². The van der Waals surface area contributed by atoms with Gasteiger partial charge in [0.1, 0.15) is 6.07 Å². The van der Waals surface area contributed by atoms with Crippen LogP contribution in [0.15, 0.2) is 33.2 Å². The molecule has 0 radical (unpaired) electrons. The fraction of sp³-hybridized carbons (Fsp3) is 0.636. The van der Waals surface area contributed by atoms with Gasteiger partial charge in [-0.25, -0.2) is 0 Å². The minimum absolute atomic E-state index is 0.143. The SMILES string of the molecule is C\C=C/C(SCCC(=O)OCC(CC)CCCC)=C(Br)\C(C#N)=C\CCC. The van der Waals surface area contributed by atoms with Gasteiger partial charge in [-0.15, -0.1) is 11.8 Å². The summed E-state index contributed by atoms with van der Waals surface area (Å²) in [6.07, 6.45) is 12.6. The molecule has 0 N–H and O–H groups in total. The summed E-state index contributed by atoms with van der Waals surface area (Å²) >= 11 is 5.12. The highest BCUT2D eigenvalue weighted by atomic mass is 79.9. The van der Waals surface area contributed by atoms with Gasteiger partial charge >= 0.3 is 5.97 Å². The van der Waals surface area contributed by atoms with Gasteiger partial charge in [0.15, 0.2) is 0 Å². The number of rotatable bonds is 14. The Bertz CT molecular complexity index is 561. The van der Waals surface area contributed by atoms with Crippen molar-refractivity contribution >= 4 is 33.7 Å². The Morgan fingerprint density at radius 2 is 2.04 bits per heavy atom. The molecule has 152 valence electrons. The number of thioether (sulfide) groups is 1. The summed E-state index contributed by atoms with van der Waals surface area (Å²) in [5, 5.41) is 9.37. The van der Waals surface area contributed by atoms with Gasteiger partial charge in [0.2, 0.25) is 0 Å². The molecule has 1 unspecified atom stereocenters. The van der Waals surface area contributed by atoms with Gasteiger partial charge in [0.25, 0.3) is 0 Å². The Morgan fingerprint density at radius 1 is 1.30 bits per heavy atom. The molecule has 0 bridgehead atoms. The van der Waals surface area contributed by atoms with Crippen LogP contribution >= 0.6 is 27.7 Å². The van der Waals surface area contributed by atoms with E-state index in [1.807, 2.05) is 25.2 Å². The van der Waals surface area contributed by atoms with Crippen molar-refractivity contribution in [3.63, 3.8) is 0 Å². The van der Waals surface area contributed by atoms with Gasteiger partial charge in [-0.2, -0.15) is 5.26 Å². The zero-order valence-corrected chi connectivity index (χ0v) is 19.6. The van der Waals surface area contributed by atoms with Crippen LogP contribution in [0.25, 0.3) is 0 Å². The maximum absolute atomic E-state index is 12.0. The van der Waals surface area contributed by atoms with E-state index in [-0.39, 0.29) is 5.97 Å². The Balaban J connectivity index is 4.64.